The Morgan fingerprint density at radius 3 is 1.78 bits per heavy atom. The van der Waals surface area contributed by atoms with Crippen LogP contribution in [0.3, 0.4) is 0 Å². The Morgan fingerprint density at radius 2 is 1.19 bits per heavy atom. The monoisotopic (exact) mass is 498 g/mol. The summed E-state index contributed by atoms with van der Waals surface area (Å²) in [6.07, 6.45) is 15.7. The maximum Gasteiger partial charge on any atom is 0.122 e. The molecule has 2 heterocycles. The molecule has 2 aliphatic rings. The van der Waals surface area contributed by atoms with E-state index in [4.69, 9.17) is 23.7 Å². The van der Waals surface area contributed by atoms with E-state index in [9.17, 15) is 0 Å². The highest BCUT2D eigenvalue weighted by atomic mass is 16.6. The van der Waals surface area contributed by atoms with E-state index in [-0.39, 0.29) is 0 Å². The summed E-state index contributed by atoms with van der Waals surface area (Å²) in [6, 6.07) is 16.0. The first-order valence-electron chi connectivity index (χ1n) is 14.0. The van der Waals surface area contributed by atoms with Crippen LogP contribution in [0.25, 0.3) is 0 Å². The highest BCUT2D eigenvalue weighted by molar-refractivity contribution is 5.33. The van der Waals surface area contributed by atoms with Crippen LogP contribution in [0.2, 0.25) is 0 Å². The molecule has 5 heteroatoms. The normalized spacial score (nSPS) is 17.6. The van der Waals surface area contributed by atoms with Gasteiger partial charge < -0.3 is 23.7 Å². The second-order valence-electron chi connectivity index (χ2n) is 9.75. The quantitative estimate of drug-likeness (QED) is 0.158. The van der Waals surface area contributed by atoms with Crippen molar-refractivity contribution >= 4 is 0 Å². The van der Waals surface area contributed by atoms with Crippen LogP contribution >= 0.6 is 0 Å². The Labute approximate surface area is 218 Å². The van der Waals surface area contributed by atoms with Crippen LogP contribution in [0.1, 0.15) is 76.7 Å². The molecule has 2 saturated heterocycles. The van der Waals surface area contributed by atoms with Crippen molar-refractivity contribution in [3.63, 3.8) is 0 Å². The van der Waals surface area contributed by atoms with Crippen LogP contribution in [0, 0.1) is 0 Å². The fourth-order valence-electron chi connectivity index (χ4n) is 4.03. The first-order valence-corrected chi connectivity index (χ1v) is 14.0. The van der Waals surface area contributed by atoms with Crippen molar-refractivity contribution in [2.24, 2.45) is 0 Å². The molecule has 2 atom stereocenters. The summed E-state index contributed by atoms with van der Waals surface area (Å²) >= 11 is 0. The zero-order valence-corrected chi connectivity index (χ0v) is 22.4. The van der Waals surface area contributed by atoms with Crippen LogP contribution in [0.5, 0.6) is 17.2 Å². The molecule has 2 aromatic carbocycles. The predicted octanol–water partition coefficient (Wildman–Crippen LogP) is 7.40. The van der Waals surface area contributed by atoms with Gasteiger partial charge in [0.2, 0.25) is 0 Å². The predicted molar refractivity (Wildman–Crippen MR) is 145 cm³/mol. The van der Waals surface area contributed by atoms with Crippen molar-refractivity contribution in [2.45, 2.75) is 89.8 Å². The third-order valence-corrected chi connectivity index (χ3v) is 6.50. The fraction of sp³-hybridized carbons (Fsp3) is 0.613. The summed E-state index contributed by atoms with van der Waals surface area (Å²) < 4.78 is 26.6. The molecular weight excluding hydrogens is 452 g/mol. The summed E-state index contributed by atoms with van der Waals surface area (Å²) in [6.45, 7) is 5.32. The van der Waals surface area contributed by atoms with Gasteiger partial charge >= 0.3 is 0 Å². The van der Waals surface area contributed by atoms with Crippen LogP contribution in [0.15, 0.2) is 48.5 Å². The minimum Gasteiger partial charge on any atom is -0.497 e. The average Bonchev–Trinajstić information content (AvgIpc) is 3.84. The van der Waals surface area contributed by atoms with Crippen molar-refractivity contribution in [3.05, 3.63) is 54.1 Å². The second kappa shape index (κ2) is 17.3. The topological polar surface area (TPSA) is 52.8 Å². The van der Waals surface area contributed by atoms with Gasteiger partial charge in [0.25, 0.3) is 0 Å². The molecule has 0 aromatic heterocycles. The molecule has 5 nitrogen and oxygen atoms in total. The summed E-state index contributed by atoms with van der Waals surface area (Å²) in [5.74, 6) is 2.75. The van der Waals surface area contributed by atoms with Crippen LogP contribution in [-0.4, -0.2) is 45.7 Å². The molecule has 0 saturated carbocycles. The number of unbranched alkanes of at least 4 members (excludes halogenated alkanes) is 9. The minimum absolute atomic E-state index is 0.308. The summed E-state index contributed by atoms with van der Waals surface area (Å²) in [5, 5.41) is 0. The Morgan fingerprint density at radius 1 is 0.667 bits per heavy atom. The maximum absolute atomic E-state index is 5.88. The van der Waals surface area contributed by atoms with Gasteiger partial charge in [-0.25, -0.2) is 0 Å². The van der Waals surface area contributed by atoms with Gasteiger partial charge in [-0.05, 0) is 48.7 Å². The van der Waals surface area contributed by atoms with Crippen molar-refractivity contribution in [3.8, 4) is 17.2 Å². The zero-order valence-electron chi connectivity index (χ0n) is 22.4. The number of hydrogen-bond donors (Lipinski definition) is 0. The van der Waals surface area contributed by atoms with Crippen molar-refractivity contribution in [1.82, 2.24) is 0 Å². The number of hydrogen-bond acceptors (Lipinski definition) is 5. The van der Waals surface area contributed by atoms with E-state index in [0.717, 1.165) is 36.9 Å². The number of para-hydroxylation sites is 1. The number of epoxide rings is 2. The first kappa shape index (κ1) is 28.3. The van der Waals surface area contributed by atoms with E-state index in [2.05, 4.69) is 31.2 Å². The number of rotatable bonds is 18. The Hall–Kier alpha value is -2.24. The Bertz CT molecular complexity index is 814. The van der Waals surface area contributed by atoms with E-state index in [0.29, 0.717) is 25.4 Å². The molecule has 0 aliphatic carbocycles. The SMILES string of the molecule is CCCCCCCCCCCCc1ccccc1OCC1CO1.COc1ccc(OCC2CO2)cc1. The summed E-state index contributed by atoms with van der Waals surface area (Å²) in [4.78, 5) is 0. The molecule has 0 bridgehead atoms. The highest BCUT2D eigenvalue weighted by Gasteiger charge is 2.23. The van der Waals surface area contributed by atoms with E-state index in [1.807, 2.05) is 24.3 Å². The van der Waals surface area contributed by atoms with Crippen molar-refractivity contribution in [1.29, 1.82) is 0 Å². The number of benzene rings is 2. The molecule has 0 N–H and O–H groups in total. The second-order valence-corrected chi connectivity index (χ2v) is 9.75. The van der Waals surface area contributed by atoms with Crippen LogP contribution in [-0.2, 0) is 15.9 Å². The molecule has 4 rings (SSSR count). The summed E-state index contributed by atoms with van der Waals surface area (Å²) in [7, 11) is 1.65. The lowest BCUT2D eigenvalue weighted by Crippen LogP contribution is -2.05. The van der Waals surface area contributed by atoms with Gasteiger partial charge in [-0.15, -0.1) is 0 Å². The molecule has 2 fully saturated rings. The van der Waals surface area contributed by atoms with Gasteiger partial charge in [-0.3, -0.25) is 0 Å². The largest absolute Gasteiger partial charge is 0.497 e. The Kier molecular flexibility index (Phi) is 13.6. The average molecular weight is 499 g/mol. The third kappa shape index (κ3) is 12.6. The third-order valence-electron chi connectivity index (χ3n) is 6.50. The molecule has 200 valence electrons. The van der Waals surface area contributed by atoms with Crippen LogP contribution < -0.4 is 14.2 Å². The molecule has 2 aliphatic heterocycles. The first-order chi connectivity index (χ1) is 17.8. The molecule has 0 radical (unpaired) electrons. The van der Waals surface area contributed by atoms with Gasteiger partial charge in [0.1, 0.15) is 42.7 Å². The smallest absolute Gasteiger partial charge is 0.122 e. The molecule has 2 unspecified atom stereocenters. The maximum atomic E-state index is 5.88. The number of aryl methyl sites for hydroxylation is 1. The van der Waals surface area contributed by atoms with Gasteiger partial charge in [0.15, 0.2) is 0 Å². The van der Waals surface area contributed by atoms with E-state index in [1.54, 1.807) is 7.11 Å². The van der Waals surface area contributed by atoms with Crippen LogP contribution in [0.4, 0.5) is 0 Å². The lowest BCUT2D eigenvalue weighted by atomic mass is 10.0. The zero-order chi connectivity index (χ0) is 25.3. The van der Waals surface area contributed by atoms with Crippen molar-refractivity contribution < 1.29 is 23.7 Å². The lowest BCUT2D eigenvalue weighted by molar-refractivity contribution is 0.261. The Balaban J connectivity index is 0.000000233. The molecule has 2 aromatic rings. The lowest BCUT2D eigenvalue weighted by Gasteiger charge is -2.10. The summed E-state index contributed by atoms with van der Waals surface area (Å²) in [5.41, 5.74) is 1.35. The molecule has 0 spiro atoms. The van der Waals surface area contributed by atoms with Crippen molar-refractivity contribution in [2.75, 3.05) is 33.5 Å². The number of ether oxygens (including phenoxy) is 5. The highest BCUT2D eigenvalue weighted by Crippen LogP contribution is 2.23. The van der Waals surface area contributed by atoms with Gasteiger partial charge in [0.05, 0.1) is 20.3 Å². The van der Waals surface area contributed by atoms with Gasteiger partial charge in [-0.2, -0.15) is 0 Å². The fourth-order valence-corrected chi connectivity index (χ4v) is 4.03. The van der Waals surface area contributed by atoms with E-state index < -0.39 is 0 Å². The minimum atomic E-state index is 0.308. The van der Waals surface area contributed by atoms with E-state index in [1.165, 1.54) is 69.8 Å². The van der Waals surface area contributed by atoms with E-state index >= 15 is 0 Å². The van der Waals surface area contributed by atoms with Gasteiger partial charge in [0, 0.05) is 0 Å². The standard InChI is InChI=1S/C21H34O2.C10H12O3/c1-2-3-4-5-6-7-8-9-10-11-14-19-15-12-13-16-21(19)23-18-20-17-22-20;1-11-8-2-4-9(5-3-8)12-6-10-7-13-10/h12-13,15-16,20H,2-11,14,17-18H2,1H3;2-5,10H,6-7H2,1H3. The molecule has 0 amide bonds. The molecule has 36 heavy (non-hydrogen) atoms. The molecular formula is C31H46O5. The van der Waals surface area contributed by atoms with Gasteiger partial charge in [-0.1, -0.05) is 82.9 Å². The number of methoxy groups -OCH3 is 1.